The number of hydrogen-bond acceptors (Lipinski definition) is 2. The molecule has 0 unspecified atom stereocenters. The van der Waals surface area contributed by atoms with Gasteiger partial charge in [-0.15, -0.1) is 0 Å². The number of anilines is 1. The fourth-order valence-corrected chi connectivity index (χ4v) is 1.40. The van der Waals surface area contributed by atoms with E-state index in [1.807, 2.05) is 31.2 Å². The van der Waals surface area contributed by atoms with Gasteiger partial charge in [-0.25, -0.2) is 0 Å². The zero-order valence-electron chi connectivity index (χ0n) is 9.43. The molecule has 1 amide bonds. The van der Waals surface area contributed by atoms with Gasteiger partial charge in [0.15, 0.2) is 0 Å². The average molecular weight is 221 g/mol. The first-order chi connectivity index (χ1) is 7.50. The van der Waals surface area contributed by atoms with E-state index in [9.17, 15) is 9.59 Å². The van der Waals surface area contributed by atoms with Crippen LogP contribution in [0.15, 0.2) is 24.3 Å². The van der Waals surface area contributed by atoms with E-state index in [2.05, 4.69) is 0 Å². The zero-order chi connectivity index (χ0) is 12.1. The lowest BCUT2D eigenvalue weighted by molar-refractivity contribution is -0.136. The van der Waals surface area contributed by atoms with Crippen molar-refractivity contribution in [1.82, 2.24) is 0 Å². The highest BCUT2D eigenvalue weighted by Gasteiger charge is 2.12. The van der Waals surface area contributed by atoms with Gasteiger partial charge in [-0.1, -0.05) is 17.7 Å². The van der Waals surface area contributed by atoms with E-state index >= 15 is 0 Å². The second-order valence-electron chi connectivity index (χ2n) is 3.65. The lowest BCUT2D eigenvalue weighted by atomic mass is 10.2. The van der Waals surface area contributed by atoms with Crippen LogP contribution < -0.4 is 4.90 Å². The van der Waals surface area contributed by atoms with Crippen LogP contribution in [0.2, 0.25) is 0 Å². The molecule has 0 aliphatic carbocycles. The van der Waals surface area contributed by atoms with Crippen molar-refractivity contribution in [2.24, 2.45) is 0 Å². The number of nitrogens with zero attached hydrogens (tertiary/aromatic N) is 1. The Balaban J connectivity index is 2.81. The van der Waals surface area contributed by atoms with Crippen LogP contribution in [0.4, 0.5) is 5.69 Å². The Morgan fingerprint density at radius 1 is 1.25 bits per heavy atom. The fraction of sp³-hybridized carbons (Fsp3) is 0.333. The summed E-state index contributed by atoms with van der Waals surface area (Å²) in [6, 6.07) is 7.43. The highest BCUT2D eigenvalue weighted by atomic mass is 16.4. The lowest BCUT2D eigenvalue weighted by Gasteiger charge is -2.20. The maximum Gasteiger partial charge on any atom is 0.305 e. The minimum Gasteiger partial charge on any atom is -0.481 e. The Morgan fingerprint density at radius 3 is 2.25 bits per heavy atom. The van der Waals surface area contributed by atoms with Crippen LogP contribution in [0.5, 0.6) is 0 Å². The minimum absolute atomic E-state index is 0.0482. The molecule has 0 aliphatic rings. The summed E-state index contributed by atoms with van der Waals surface area (Å²) < 4.78 is 0. The van der Waals surface area contributed by atoms with Crippen molar-refractivity contribution in [3.05, 3.63) is 29.8 Å². The molecule has 0 radical (unpaired) electrons. The smallest absolute Gasteiger partial charge is 0.305 e. The Bertz CT molecular complexity index is 384. The van der Waals surface area contributed by atoms with Gasteiger partial charge < -0.3 is 10.0 Å². The Hall–Kier alpha value is -1.84. The summed E-state index contributed by atoms with van der Waals surface area (Å²) in [7, 11) is 0. The first-order valence-electron chi connectivity index (χ1n) is 5.07. The Labute approximate surface area is 94.5 Å². The molecule has 0 bridgehead atoms. The molecule has 0 saturated heterocycles. The molecule has 4 nitrogen and oxygen atoms in total. The molecule has 0 aliphatic heterocycles. The van der Waals surface area contributed by atoms with Crippen LogP contribution in [0, 0.1) is 6.92 Å². The SMILES string of the molecule is CC(=O)N(CCC(=O)O)c1ccc(C)cc1. The third-order valence-electron chi connectivity index (χ3n) is 2.28. The average Bonchev–Trinajstić information content (AvgIpc) is 2.20. The third-order valence-corrected chi connectivity index (χ3v) is 2.28. The number of carboxylic acid groups (broad SMARTS) is 1. The van der Waals surface area contributed by atoms with Gasteiger partial charge in [-0.2, -0.15) is 0 Å². The van der Waals surface area contributed by atoms with Gasteiger partial charge in [-0.05, 0) is 19.1 Å². The second kappa shape index (κ2) is 5.30. The predicted octanol–water partition coefficient (Wildman–Crippen LogP) is 1.82. The normalized spacial score (nSPS) is 9.88. The Kier molecular flexibility index (Phi) is 4.05. The van der Waals surface area contributed by atoms with Crippen molar-refractivity contribution in [3.8, 4) is 0 Å². The van der Waals surface area contributed by atoms with Crippen LogP contribution in [0.3, 0.4) is 0 Å². The number of benzene rings is 1. The van der Waals surface area contributed by atoms with Crippen LogP contribution in [-0.4, -0.2) is 23.5 Å². The largest absolute Gasteiger partial charge is 0.481 e. The topological polar surface area (TPSA) is 57.6 Å². The summed E-state index contributed by atoms with van der Waals surface area (Å²) in [5.41, 5.74) is 1.84. The number of rotatable bonds is 4. The highest BCUT2D eigenvalue weighted by molar-refractivity contribution is 5.91. The van der Waals surface area contributed by atoms with Gasteiger partial charge in [0, 0.05) is 19.2 Å². The number of carbonyl (C=O) groups is 2. The standard InChI is InChI=1S/C12H15NO3/c1-9-3-5-11(6-4-9)13(10(2)14)8-7-12(15)16/h3-6H,7-8H2,1-2H3,(H,15,16). The molecule has 0 atom stereocenters. The zero-order valence-corrected chi connectivity index (χ0v) is 9.43. The maximum atomic E-state index is 11.4. The number of amides is 1. The molecule has 1 rings (SSSR count). The molecule has 0 spiro atoms. The summed E-state index contributed by atoms with van der Waals surface area (Å²) in [6.45, 7) is 3.59. The summed E-state index contributed by atoms with van der Waals surface area (Å²) in [5, 5.41) is 8.60. The van der Waals surface area contributed by atoms with Gasteiger partial charge in [0.2, 0.25) is 5.91 Å². The van der Waals surface area contributed by atoms with Gasteiger partial charge in [0.25, 0.3) is 0 Å². The summed E-state index contributed by atoms with van der Waals surface area (Å²) in [5.74, 6) is -1.05. The molecule has 16 heavy (non-hydrogen) atoms. The van der Waals surface area contributed by atoms with Crippen molar-refractivity contribution in [2.45, 2.75) is 20.3 Å². The summed E-state index contributed by atoms with van der Waals surface area (Å²) >= 11 is 0. The third kappa shape index (κ3) is 3.38. The van der Waals surface area contributed by atoms with Crippen LogP contribution >= 0.6 is 0 Å². The Morgan fingerprint density at radius 2 is 1.81 bits per heavy atom. The molecular formula is C12H15NO3. The minimum atomic E-state index is -0.904. The van der Waals surface area contributed by atoms with Crippen molar-refractivity contribution in [2.75, 3.05) is 11.4 Å². The summed E-state index contributed by atoms with van der Waals surface area (Å²) in [4.78, 5) is 23.3. The van der Waals surface area contributed by atoms with E-state index in [0.717, 1.165) is 11.3 Å². The molecule has 0 fully saturated rings. The van der Waals surface area contributed by atoms with Crippen LogP contribution in [0.25, 0.3) is 0 Å². The fourth-order valence-electron chi connectivity index (χ4n) is 1.40. The predicted molar refractivity (Wildman–Crippen MR) is 61.5 cm³/mol. The monoisotopic (exact) mass is 221 g/mol. The van der Waals surface area contributed by atoms with Gasteiger partial charge in [0.05, 0.1) is 6.42 Å². The van der Waals surface area contributed by atoms with Crippen LogP contribution in [0.1, 0.15) is 18.9 Å². The van der Waals surface area contributed by atoms with Crippen molar-refractivity contribution in [1.29, 1.82) is 0 Å². The van der Waals surface area contributed by atoms with Gasteiger partial charge in [-0.3, -0.25) is 9.59 Å². The van der Waals surface area contributed by atoms with Gasteiger partial charge >= 0.3 is 5.97 Å². The first kappa shape index (κ1) is 12.2. The molecule has 0 aromatic heterocycles. The number of carboxylic acids is 1. The van der Waals surface area contributed by atoms with E-state index in [4.69, 9.17) is 5.11 Å². The molecule has 1 N–H and O–H groups in total. The number of hydrogen-bond donors (Lipinski definition) is 1. The number of carbonyl (C=O) groups excluding carboxylic acids is 1. The molecule has 0 saturated carbocycles. The van der Waals surface area contributed by atoms with Crippen LogP contribution in [-0.2, 0) is 9.59 Å². The number of aryl methyl sites for hydroxylation is 1. The lowest BCUT2D eigenvalue weighted by Crippen LogP contribution is -2.30. The van der Waals surface area contributed by atoms with Crippen molar-refractivity contribution >= 4 is 17.6 Å². The quantitative estimate of drug-likeness (QED) is 0.843. The van der Waals surface area contributed by atoms with Crippen molar-refractivity contribution < 1.29 is 14.7 Å². The van der Waals surface area contributed by atoms with E-state index in [0.29, 0.717) is 0 Å². The van der Waals surface area contributed by atoms with E-state index < -0.39 is 5.97 Å². The van der Waals surface area contributed by atoms with Crippen molar-refractivity contribution in [3.63, 3.8) is 0 Å². The summed E-state index contributed by atoms with van der Waals surface area (Å²) in [6.07, 6.45) is -0.0482. The maximum absolute atomic E-state index is 11.4. The van der Waals surface area contributed by atoms with E-state index in [-0.39, 0.29) is 18.9 Å². The first-order valence-corrected chi connectivity index (χ1v) is 5.07. The van der Waals surface area contributed by atoms with E-state index in [1.54, 1.807) is 0 Å². The molecule has 1 aromatic carbocycles. The molecule has 1 aromatic rings. The van der Waals surface area contributed by atoms with Gasteiger partial charge in [0.1, 0.15) is 0 Å². The van der Waals surface area contributed by atoms with E-state index in [1.165, 1.54) is 11.8 Å². The molecule has 4 heteroatoms. The molecule has 0 heterocycles. The highest BCUT2D eigenvalue weighted by Crippen LogP contribution is 2.15. The molecular weight excluding hydrogens is 206 g/mol. The molecule has 86 valence electrons. The second-order valence-corrected chi connectivity index (χ2v) is 3.65. The number of aliphatic carboxylic acids is 1.